The first kappa shape index (κ1) is 18.2. The Hall–Kier alpha value is -2.21. The van der Waals surface area contributed by atoms with Crippen molar-refractivity contribution in [1.82, 2.24) is 9.97 Å². The largest absolute Gasteiger partial charge is 0.380 e. The minimum atomic E-state index is 0.572. The summed E-state index contributed by atoms with van der Waals surface area (Å²) in [5.74, 6) is 0. The molecule has 4 rings (SSSR count). The van der Waals surface area contributed by atoms with Crippen LogP contribution in [0.25, 0.3) is 21.8 Å². The third-order valence-corrected chi connectivity index (χ3v) is 6.28. The van der Waals surface area contributed by atoms with Gasteiger partial charge in [-0.1, -0.05) is 41.4 Å². The predicted molar refractivity (Wildman–Crippen MR) is 117 cm³/mol. The van der Waals surface area contributed by atoms with E-state index in [0.717, 1.165) is 26.8 Å². The van der Waals surface area contributed by atoms with E-state index in [1.165, 1.54) is 28.0 Å². The smallest absolute Gasteiger partial charge is 0.183 e. The molecule has 2 aromatic heterocycles. The van der Waals surface area contributed by atoms with E-state index in [9.17, 15) is 0 Å². The zero-order chi connectivity index (χ0) is 18.8. The second kappa shape index (κ2) is 7.80. The Labute approximate surface area is 171 Å². The highest BCUT2D eigenvalue weighted by Gasteiger charge is 2.10. The number of thiazole rings is 2. The van der Waals surface area contributed by atoms with Crippen LogP contribution < -0.4 is 5.32 Å². The van der Waals surface area contributed by atoms with Crippen LogP contribution in [0.3, 0.4) is 0 Å². The Balaban J connectivity index is 1.55. The van der Waals surface area contributed by atoms with Crippen molar-refractivity contribution >= 4 is 40.0 Å². The number of halogens is 1. The molecule has 0 aliphatic rings. The summed E-state index contributed by atoms with van der Waals surface area (Å²) in [7, 11) is 0. The summed E-state index contributed by atoms with van der Waals surface area (Å²) in [6.45, 7) is 4.95. The molecule has 4 aromatic rings. The minimum Gasteiger partial charge on any atom is -0.380 e. The second-order valence-electron chi connectivity index (χ2n) is 6.37. The molecule has 0 aliphatic carbocycles. The number of aromatic nitrogens is 2. The van der Waals surface area contributed by atoms with Crippen molar-refractivity contribution in [1.29, 1.82) is 0 Å². The Morgan fingerprint density at radius 3 is 2.81 bits per heavy atom. The van der Waals surface area contributed by atoms with E-state index in [0.29, 0.717) is 11.0 Å². The lowest BCUT2D eigenvalue weighted by Crippen LogP contribution is -1.97. The fraction of sp³-hybridized carbons (Fsp3) is 0.143. The molecule has 2 heterocycles. The predicted octanol–water partition coefficient (Wildman–Crippen LogP) is 6.82. The molecule has 0 bridgehead atoms. The molecule has 3 nitrogen and oxygen atoms in total. The number of rotatable bonds is 5. The van der Waals surface area contributed by atoms with E-state index in [1.807, 2.05) is 0 Å². The SMILES string of the molecule is Cc1ccc(C)c(-c2csc(-c3cccc(NCc4cnc(Cl)s4)c3)n2)c1. The number of nitrogens with zero attached hydrogens (tertiary/aromatic N) is 2. The Morgan fingerprint density at radius 1 is 1.11 bits per heavy atom. The van der Waals surface area contributed by atoms with Gasteiger partial charge in [0, 0.05) is 33.3 Å². The molecular formula is C21H18ClN3S2. The lowest BCUT2D eigenvalue weighted by Gasteiger charge is -2.06. The fourth-order valence-electron chi connectivity index (χ4n) is 2.86. The zero-order valence-electron chi connectivity index (χ0n) is 15.0. The van der Waals surface area contributed by atoms with E-state index in [1.54, 1.807) is 17.5 Å². The van der Waals surface area contributed by atoms with Crippen molar-refractivity contribution in [2.24, 2.45) is 0 Å². The first-order valence-electron chi connectivity index (χ1n) is 8.56. The fourth-order valence-corrected chi connectivity index (χ4v) is 4.59. The lowest BCUT2D eigenvalue weighted by molar-refractivity contribution is 1.17. The maximum absolute atomic E-state index is 5.89. The van der Waals surface area contributed by atoms with Crippen LogP contribution in [0.5, 0.6) is 0 Å². The molecule has 0 fully saturated rings. The van der Waals surface area contributed by atoms with Gasteiger partial charge in [-0.15, -0.1) is 22.7 Å². The highest BCUT2D eigenvalue weighted by molar-refractivity contribution is 7.15. The molecule has 0 saturated carbocycles. The number of hydrogen-bond donors (Lipinski definition) is 1. The number of hydrogen-bond acceptors (Lipinski definition) is 5. The van der Waals surface area contributed by atoms with Crippen LogP contribution in [-0.2, 0) is 6.54 Å². The summed E-state index contributed by atoms with van der Waals surface area (Å²) < 4.78 is 0.572. The zero-order valence-corrected chi connectivity index (χ0v) is 17.4. The summed E-state index contributed by atoms with van der Waals surface area (Å²) >= 11 is 9.06. The second-order valence-corrected chi connectivity index (χ2v) is 8.93. The van der Waals surface area contributed by atoms with E-state index >= 15 is 0 Å². The van der Waals surface area contributed by atoms with Gasteiger partial charge in [0.25, 0.3) is 0 Å². The number of anilines is 1. The summed E-state index contributed by atoms with van der Waals surface area (Å²) in [6.07, 6.45) is 1.81. The van der Waals surface area contributed by atoms with Gasteiger partial charge >= 0.3 is 0 Å². The quantitative estimate of drug-likeness (QED) is 0.391. The van der Waals surface area contributed by atoms with Crippen molar-refractivity contribution in [3.05, 3.63) is 74.5 Å². The molecule has 0 atom stereocenters. The van der Waals surface area contributed by atoms with E-state index in [4.69, 9.17) is 16.6 Å². The van der Waals surface area contributed by atoms with Gasteiger partial charge < -0.3 is 5.32 Å². The number of nitrogens with one attached hydrogen (secondary N) is 1. The van der Waals surface area contributed by atoms with E-state index < -0.39 is 0 Å². The molecule has 0 unspecified atom stereocenters. The first-order chi connectivity index (χ1) is 13.1. The molecule has 0 amide bonds. The maximum atomic E-state index is 5.89. The van der Waals surface area contributed by atoms with Crippen LogP contribution in [0.15, 0.2) is 54.0 Å². The first-order valence-corrected chi connectivity index (χ1v) is 10.6. The number of benzene rings is 2. The van der Waals surface area contributed by atoms with Crippen molar-refractivity contribution in [3.63, 3.8) is 0 Å². The van der Waals surface area contributed by atoms with Crippen LogP contribution in [0.2, 0.25) is 4.47 Å². The molecule has 0 spiro atoms. The monoisotopic (exact) mass is 411 g/mol. The highest BCUT2D eigenvalue weighted by Crippen LogP contribution is 2.32. The van der Waals surface area contributed by atoms with Gasteiger partial charge in [-0.3, -0.25) is 0 Å². The van der Waals surface area contributed by atoms with Crippen LogP contribution in [0, 0.1) is 13.8 Å². The average Bonchev–Trinajstić information content (AvgIpc) is 3.31. The topological polar surface area (TPSA) is 37.8 Å². The molecule has 27 heavy (non-hydrogen) atoms. The van der Waals surface area contributed by atoms with Crippen molar-refractivity contribution in [2.45, 2.75) is 20.4 Å². The summed E-state index contributed by atoms with van der Waals surface area (Å²) in [6, 6.07) is 14.8. The van der Waals surface area contributed by atoms with Crippen LogP contribution >= 0.6 is 34.3 Å². The normalized spacial score (nSPS) is 10.9. The van der Waals surface area contributed by atoms with Gasteiger partial charge in [0.05, 0.1) is 12.2 Å². The standard InChI is InChI=1S/C21H18ClN3S2/c1-13-6-7-14(2)18(8-13)19-12-26-20(25-19)15-4-3-5-16(9-15)23-10-17-11-24-21(22)27-17/h3-9,11-12,23H,10H2,1-2H3. The van der Waals surface area contributed by atoms with Gasteiger partial charge in [0.15, 0.2) is 4.47 Å². The Bertz CT molecular complexity index is 1080. The van der Waals surface area contributed by atoms with Gasteiger partial charge in [-0.25, -0.2) is 9.97 Å². The number of aryl methyl sites for hydroxylation is 2. The van der Waals surface area contributed by atoms with Gasteiger partial charge in [-0.2, -0.15) is 0 Å². The van der Waals surface area contributed by atoms with E-state index in [2.05, 4.69) is 72.0 Å². The minimum absolute atomic E-state index is 0.572. The van der Waals surface area contributed by atoms with Crippen molar-refractivity contribution in [3.8, 4) is 21.8 Å². The Kier molecular flexibility index (Phi) is 5.25. The molecule has 2 aromatic carbocycles. The third-order valence-electron chi connectivity index (χ3n) is 4.27. The summed E-state index contributed by atoms with van der Waals surface area (Å²) in [5.41, 5.74) is 6.91. The third kappa shape index (κ3) is 4.21. The molecule has 6 heteroatoms. The average molecular weight is 412 g/mol. The molecular weight excluding hydrogens is 394 g/mol. The lowest BCUT2D eigenvalue weighted by atomic mass is 10.0. The maximum Gasteiger partial charge on any atom is 0.183 e. The Morgan fingerprint density at radius 2 is 2.00 bits per heavy atom. The van der Waals surface area contributed by atoms with Gasteiger partial charge in [0.2, 0.25) is 0 Å². The van der Waals surface area contributed by atoms with E-state index in [-0.39, 0.29) is 0 Å². The molecule has 0 aliphatic heterocycles. The van der Waals surface area contributed by atoms with Crippen LogP contribution in [0.4, 0.5) is 5.69 Å². The van der Waals surface area contributed by atoms with Crippen molar-refractivity contribution in [2.75, 3.05) is 5.32 Å². The molecule has 1 N–H and O–H groups in total. The molecule has 0 saturated heterocycles. The van der Waals surface area contributed by atoms with Gasteiger partial charge in [0.1, 0.15) is 5.01 Å². The molecule has 0 radical (unpaired) electrons. The van der Waals surface area contributed by atoms with Gasteiger partial charge in [-0.05, 0) is 37.6 Å². The molecule has 136 valence electrons. The van der Waals surface area contributed by atoms with Crippen LogP contribution in [0.1, 0.15) is 16.0 Å². The van der Waals surface area contributed by atoms with Crippen molar-refractivity contribution < 1.29 is 0 Å². The highest BCUT2D eigenvalue weighted by atomic mass is 35.5. The van der Waals surface area contributed by atoms with Crippen LogP contribution in [-0.4, -0.2) is 9.97 Å². The summed E-state index contributed by atoms with van der Waals surface area (Å²) in [4.78, 5) is 10.1. The summed E-state index contributed by atoms with van der Waals surface area (Å²) in [5, 5.41) is 6.59.